The van der Waals surface area contributed by atoms with Gasteiger partial charge in [-0.3, -0.25) is 4.90 Å². The van der Waals surface area contributed by atoms with Gasteiger partial charge in [-0.05, 0) is 39.8 Å². The van der Waals surface area contributed by atoms with Crippen molar-refractivity contribution >= 4 is 0 Å². The van der Waals surface area contributed by atoms with Crippen LogP contribution in [0.2, 0.25) is 0 Å². The Labute approximate surface area is 74.5 Å². The maximum absolute atomic E-state index is 8.59. The molecule has 0 spiro atoms. The number of rotatable bonds is 2. The van der Waals surface area contributed by atoms with Gasteiger partial charge < -0.3 is 0 Å². The van der Waals surface area contributed by atoms with Crippen molar-refractivity contribution in [3.8, 4) is 6.07 Å². The standard InChI is InChI=1S/C10H16N2/c1-9(8-11)7-10(2)12-5-3-4-6-12/h7,10H,3-6H2,1-2H3. The maximum Gasteiger partial charge on any atom is 0.0941 e. The Bertz CT molecular complexity index is 206. The Hall–Kier alpha value is -0.810. The lowest BCUT2D eigenvalue weighted by atomic mass is 10.2. The first-order chi connectivity index (χ1) is 5.74. The van der Waals surface area contributed by atoms with Crippen molar-refractivity contribution in [1.29, 1.82) is 5.26 Å². The van der Waals surface area contributed by atoms with Gasteiger partial charge in [-0.25, -0.2) is 0 Å². The lowest BCUT2D eigenvalue weighted by Crippen LogP contribution is -2.28. The largest absolute Gasteiger partial charge is 0.297 e. The maximum atomic E-state index is 8.59. The Morgan fingerprint density at radius 2 is 2.08 bits per heavy atom. The van der Waals surface area contributed by atoms with E-state index in [1.807, 2.05) is 13.0 Å². The van der Waals surface area contributed by atoms with Crippen LogP contribution in [0.15, 0.2) is 11.6 Å². The van der Waals surface area contributed by atoms with Crippen LogP contribution >= 0.6 is 0 Å². The fourth-order valence-corrected chi connectivity index (χ4v) is 1.65. The summed E-state index contributed by atoms with van der Waals surface area (Å²) in [6.07, 6.45) is 4.67. The second-order valence-electron chi connectivity index (χ2n) is 3.45. The number of hydrogen-bond donors (Lipinski definition) is 0. The van der Waals surface area contributed by atoms with E-state index < -0.39 is 0 Å². The van der Waals surface area contributed by atoms with E-state index in [1.54, 1.807) is 0 Å². The van der Waals surface area contributed by atoms with Crippen LogP contribution in [0.3, 0.4) is 0 Å². The molecule has 0 aromatic heterocycles. The van der Waals surface area contributed by atoms with E-state index in [0.717, 1.165) is 5.57 Å². The Morgan fingerprint density at radius 1 is 1.50 bits per heavy atom. The fraction of sp³-hybridized carbons (Fsp3) is 0.700. The van der Waals surface area contributed by atoms with Crippen LogP contribution in [-0.4, -0.2) is 24.0 Å². The van der Waals surface area contributed by atoms with Crippen molar-refractivity contribution < 1.29 is 0 Å². The van der Waals surface area contributed by atoms with Gasteiger partial charge in [-0.15, -0.1) is 0 Å². The first-order valence-corrected chi connectivity index (χ1v) is 4.56. The molecule has 1 rings (SSSR count). The molecular formula is C10H16N2. The molecule has 12 heavy (non-hydrogen) atoms. The zero-order chi connectivity index (χ0) is 8.97. The van der Waals surface area contributed by atoms with Gasteiger partial charge in [-0.2, -0.15) is 5.26 Å². The number of hydrogen-bond acceptors (Lipinski definition) is 2. The minimum Gasteiger partial charge on any atom is -0.297 e. The van der Waals surface area contributed by atoms with E-state index in [1.165, 1.54) is 25.9 Å². The number of allylic oxidation sites excluding steroid dienone is 1. The third kappa shape index (κ3) is 2.35. The molecule has 0 bridgehead atoms. The van der Waals surface area contributed by atoms with Crippen molar-refractivity contribution in [1.82, 2.24) is 4.90 Å². The molecule has 0 aromatic rings. The van der Waals surface area contributed by atoms with E-state index >= 15 is 0 Å². The van der Waals surface area contributed by atoms with E-state index in [2.05, 4.69) is 17.9 Å². The van der Waals surface area contributed by atoms with Gasteiger partial charge in [-0.1, -0.05) is 6.08 Å². The molecule has 0 saturated carbocycles. The summed E-state index contributed by atoms with van der Waals surface area (Å²) in [6.45, 7) is 6.41. The van der Waals surface area contributed by atoms with Crippen molar-refractivity contribution in [2.45, 2.75) is 32.7 Å². The van der Waals surface area contributed by atoms with Gasteiger partial charge in [0.1, 0.15) is 0 Å². The first kappa shape index (κ1) is 9.28. The average Bonchev–Trinajstić information content (AvgIpc) is 2.56. The highest BCUT2D eigenvalue weighted by Crippen LogP contribution is 2.12. The summed E-state index contributed by atoms with van der Waals surface area (Å²) in [5.74, 6) is 0. The molecule has 1 heterocycles. The summed E-state index contributed by atoms with van der Waals surface area (Å²) in [4.78, 5) is 2.42. The molecule has 1 atom stereocenters. The van der Waals surface area contributed by atoms with Crippen molar-refractivity contribution in [3.63, 3.8) is 0 Å². The summed E-state index contributed by atoms with van der Waals surface area (Å²) >= 11 is 0. The highest BCUT2D eigenvalue weighted by atomic mass is 15.2. The summed E-state index contributed by atoms with van der Waals surface area (Å²) in [5.41, 5.74) is 0.828. The van der Waals surface area contributed by atoms with Crippen LogP contribution in [0.25, 0.3) is 0 Å². The number of nitriles is 1. The molecule has 0 radical (unpaired) electrons. The molecule has 0 aliphatic carbocycles. The molecule has 0 amide bonds. The minimum atomic E-state index is 0.437. The molecule has 0 aromatic carbocycles. The van der Waals surface area contributed by atoms with Gasteiger partial charge >= 0.3 is 0 Å². The lowest BCUT2D eigenvalue weighted by molar-refractivity contribution is 0.299. The minimum absolute atomic E-state index is 0.437. The molecule has 2 nitrogen and oxygen atoms in total. The van der Waals surface area contributed by atoms with Crippen LogP contribution in [0.1, 0.15) is 26.7 Å². The number of nitrogens with zero attached hydrogens (tertiary/aromatic N) is 2. The molecule has 1 saturated heterocycles. The smallest absolute Gasteiger partial charge is 0.0941 e. The fourth-order valence-electron chi connectivity index (χ4n) is 1.65. The summed E-state index contributed by atoms with van der Waals surface area (Å²) < 4.78 is 0. The van der Waals surface area contributed by atoms with E-state index in [-0.39, 0.29) is 0 Å². The predicted octanol–water partition coefficient (Wildman–Crippen LogP) is 1.94. The zero-order valence-corrected chi connectivity index (χ0v) is 7.88. The highest BCUT2D eigenvalue weighted by molar-refractivity contribution is 5.19. The molecule has 2 heteroatoms. The Balaban J connectivity index is 2.47. The van der Waals surface area contributed by atoms with Crippen molar-refractivity contribution in [2.24, 2.45) is 0 Å². The quantitative estimate of drug-likeness (QED) is 0.583. The van der Waals surface area contributed by atoms with E-state index in [0.29, 0.717) is 6.04 Å². The van der Waals surface area contributed by atoms with Crippen LogP contribution in [0, 0.1) is 11.3 Å². The van der Waals surface area contributed by atoms with Crippen molar-refractivity contribution in [3.05, 3.63) is 11.6 Å². The molecule has 1 fully saturated rings. The van der Waals surface area contributed by atoms with Crippen LogP contribution < -0.4 is 0 Å². The van der Waals surface area contributed by atoms with Gasteiger partial charge in [0, 0.05) is 11.6 Å². The second-order valence-corrected chi connectivity index (χ2v) is 3.45. The normalized spacial score (nSPS) is 22.2. The molecule has 0 N–H and O–H groups in total. The van der Waals surface area contributed by atoms with Crippen LogP contribution in [-0.2, 0) is 0 Å². The zero-order valence-electron chi connectivity index (χ0n) is 7.88. The van der Waals surface area contributed by atoms with Crippen molar-refractivity contribution in [2.75, 3.05) is 13.1 Å². The van der Waals surface area contributed by atoms with Gasteiger partial charge in [0.25, 0.3) is 0 Å². The molecule has 1 aliphatic rings. The summed E-state index contributed by atoms with van der Waals surface area (Å²) in [7, 11) is 0. The lowest BCUT2D eigenvalue weighted by Gasteiger charge is -2.20. The highest BCUT2D eigenvalue weighted by Gasteiger charge is 2.15. The predicted molar refractivity (Wildman–Crippen MR) is 49.6 cm³/mol. The van der Waals surface area contributed by atoms with E-state index in [9.17, 15) is 0 Å². The average molecular weight is 164 g/mol. The third-order valence-corrected chi connectivity index (χ3v) is 2.38. The topological polar surface area (TPSA) is 27.0 Å². The SMILES string of the molecule is CC(C#N)=CC(C)N1CCCC1. The van der Waals surface area contributed by atoms with E-state index in [4.69, 9.17) is 5.26 Å². The Morgan fingerprint density at radius 3 is 2.58 bits per heavy atom. The Kier molecular flexibility index (Phi) is 3.31. The molecular weight excluding hydrogens is 148 g/mol. The number of likely N-dealkylation sites (tertiary alicyclic amines) is 1. The van der Waals surface area contributed by atoms with Crippen LogP contribution in [0.5, 0.6) is 0 Å². The van der Waals surface area contributed by atoms with Crippen LogP contribution in [0.4, 0.5) is 0 Å². The third-order valence-electron chi connectivity index (χ3n) is 2.38. The second kappa shape index (κ2) is 4.27. The monoisotopic (exact) mass is 164 g/mol. The molecule has 1 unspecified atom stereocenters. The molecule has 66 valence electrons. The van der Waals surface area contributed by atoms with Gasteiger partial charge in [0.15, 0.2) is 0 Å². The summed E-state index contributed by atoms with van der Waals surface area (Å²) in [6, 6.07) is 2.59. The van der Waals surface area contributed by atoms with Gasteiger partial charge in [0.2, 0.25) is 0 Å². The molecule has 1 aliphatic heterocycles. The van der Waals surface area contributed by atoms with Gasteiger partial charge in [0.05, 0.1) is 6.07 Å². The first-order valence-electron chi connectivity index (χ1n) is 4.56. The summed E-state index contributed by atoms with van der Waals surface area (Å²) in [5, 5.41) is 8.59.